The molecular weight excluding hydrogens is 324 g/mol. The highest BCUT2D eigenvalue weighted by molar-refractivity contribution is 9.11. The molecule has 3 heterocycles. The van der Waals surface area contributed by atoms with Crippen molar-refractivity contribution in [1.82, 2.24) is 9.38 Å². The molecule has 0 aromatic carbocycles. The molecule has 0 aliphatic carbocycles. The molecule has 0 unspecified atom stereocenters. The Bertz CT molecular complexity index is 713. The van der Waals surface area contributed by atoms with Crippen LogP contribution in [-0.2, 0) is 0 Å². The third-order valence-corrected chi connectivity index (χ3v) is 4.74. The predicted molar refractivity (Wildman–Crippen MR) is 71.0 cm³/mol. The second kappa shape index (κ2) is 3.94. The molecule has 1 N–H and O–H groups in total. The maximum absolute atomic E-state index is 10.8. The molecule has 0 fully saturated rings. The van der Waals surface area contributed by atoms with Gasteiger partial charge in [-0.25, -0.2) is 9.78 Å². The molecule has 0 radical (unpaired) electrons. The zero-order chi connectivity index (χ0) is 12.0. The molecule has 0 atom stereocenters. The zero-order valence-corrected chi connectivity index (χ0v) is 11.5. The largest absolute Gasteiger partial charge is 0.476 e. The lowest BCUT2D eigenvalue weighted by molar-refractivity contribution is 0.0691. The first kappa shape index (κ1) is 10.9. The average Bonchev–Trinajstić information content (AvgIpc) is 2.90. The van der Waals surface area contributed by atoms with E-state index in [0.29, 0.717) is 4.96 Å². The normalized spacial score (nSPS) is 11.1. The molecule has 86 valence electrons. The summed E-state index contributed by atoms with van der Waals surface area (Å²) in [6.45, 7) is 0. The number of hydrogen-bond donors (Lipinski definition) is 1. The molecule has 0 aliphatic heterocycles. The van der Waals surface area contributed by atoms with Crippen molar-refractivity contribution in [3.63, 3.8) is 0 Å². The average molecular weight is 329 g/mol. The van der Waals surface area contributed by atoms with Crippen LogP contribution in [0, 0.1) is 0 Å². The van der Waals surface area contributed by atoms with Crippen molar-refractivity contribution in [2.45, 2.75) is 0 Å². The Morgan fingerprint density at radius 1 is 1.47 bits per heavy atom. The van der Waals surface area contributed by atoms with Crippen molar-refractivity contribution in [3.8, 4) is 10.6 Å². The molecule has 3 aromatic rings. The minimum Gasteiger partial charge on any atom is -0.476 e. The lowest BCUT2D eigenvalue weighted by Gasteiger charge is -1.93. The number of halogens is 1. The summed E-state index contributed by atoms with van der Waals surface area (Å²) < 4.78 is 2.86. The highest BCUT2D eigenvalue weighted by Gasteiger charge is 2.14. The number of fused-ring (bicyclic) bond motifs is 1. The third kappa shape index (κ3) is 1.80. The molecule has 0 aliphatic rings. The van der Waals surface area contributed by atoms with Gasteiger partial charge in [0.05, 0.1) is 14.4 Å². The van der Waals surface area contributed by atoms with E-state index in [1.165, 1.54) is 11.3 Å². The lowest BCUT2D eigenvalue weighted by Crippen LogP contribution is -1.95. The van der Waals surface area contributed by atoms with Gasteiger partial charge in [0.15, 0.2) is 10.7 Å². The first-order chi connectivity index (χ1) is 8.15. The smallest absolute Gasteiger partial charge is 0.356 e. The maximum atomic E-state index is 10.8. The summed E-state index contributed by atoms with van der Waals surface area (Å²) in [6.07, 6.45) is 1.55. The van der Waals surface area contributed by atoms with E-state index in [4.69, 9.17) is 5.11 Å². The molecule has 0 spiro atoms. The van der Waals surface area contributed by atoms with Crippen molar-refractivity contribution in [1.29, 1.82) is 0 Å². The van der Waals surface area contributed by atoms with Crippen LogP contribution in [0.25, 0.3) is 15.5 Å². The van der Waals surface area contributed by atoms with Crippen molar-refractivity contribution < 1.29 is 9.90 Å². The molecule has 0 bridgehead atoms. The predicted octanol–water partition coefficient (Wildman–Crippen LogP) is 3.59. The Morgan fingerprint density at radius 3 is 2.94 bits per heavy atom. The fourth-order valence-corrected chi connectivity index (χ4v) is 3.86. The van der Waals surface area contributed by atoms with E-state index in [9.17, 15) is 4.79 Å². The number of hydrogen-bond acceptors (Lipinski definition) is 4. The summed E-state index contributed by atoms with van der Waals surface area (Å²) in [7, 11) is 0. The van der Waals surface area contributed by atoms with Gasteiger partial charge in [-0.2, -0.15) is 0 Å². The van der Waals surface area contributed by atoms with Crippen LogP contribution in [0.1, 0.15) is 10.5 Å². The molecule has 4 nitrogen and oxygen atoms in total. The number of carbonyl (C=O) groups is 1. The zero-order valence-electron chi connectivity index (χ0n) is 8.25. The van der Waals surface area contributed by atoms with Crippen LogP contribution in [0.2, 0.25) is 0 Å². The van der Waals surface area contributed by atoms with Crippen LogP contribution in [-0.4, -0.2) is 20.5 Å². The number of rotatable bonds is 2. The van der Waals surface area contributed by atoms with Crippen LogP contribution >= 0.6 is 38.6 Å². The number of imidazole rings is 1. The van der Waals surface area contributed by atoms with Crippen molar-refractivity contribution in [2.75, 3.05) is 0 Å². The van der Waals surface area contributed by atoms with E-state index >= 15 is 0 Å². The molecular formula is C10H5BrN2O2S2. The summed E-state index contributed by atoms with van der Waals surface area (Å²) in [5.41, 5.74) is 1.05. The number of carboxylic acid groups (broad SMARTS) is 1. The number of thiophene rings is 1. The molecule has 7 heteroatoms. The topological polar surface area (TPSA) is 54.6 Å². The summed E-state index contributed by atoms with van der Waals surface area (Å²) in [5.74, 6) is -1.00. The Balaban J connectivity index is 2.20. The number of thiazole rings is 1. The molecule has 0 saturated carbocycles. The molecule has 0 saturated heterocycles. The number of aromatic carboxylic acids is 1. The van der Waals surface area contributed by atoms with Gasteiger partial charge in [-0.1, -0.05) is 0 Å². The number of nitrogens with zero attached hydrogens (tertiary/aromatic N) is 2. The highest BCUT2D eigenvalue weighted by atomic mass is 79.9. The molecule has 0 amide bonds. The minimum absolute atomic E-state index is 0.0775. The van der Waals surface area contributed by atoms with Crippen LogP contribution < -0.4 is 0 Å². The van der Waals surface area contributed by atoms with E-state index in [-0.39, 0.29) is 5.69 Å². The van der Waals surface area contributed by atoms with Gasteiger partial charge >= 0.3 is 5.97 Å². The fourth-order valence-electron chi connectivity index (χ4n) is 1.52. The second-order valence-electron chi connectivity index (χ2n) is 3.31. The van der Waals surface area contributed by atoms with Crippen molar-refractivity contribution in [3.05, 3.63) is 33.2 Å². The van der Waals surface area contributed by atoms with Gasteiger partial charge in [0.2, 0.25) is 0 Å². The Labute approximate surface area is 112 Å². The summed E-state index contributed by atoms with van der Waals surface area (Å²) in [5, 5.41) is 10.9. The van der Waals surface area contributed by atoms with Gasteiger partial charge in [-0.15, -0.1) is 22.7 Å². The van der Waals surface area contributed by atoms with E-state index in [2.05, 4.69) is 20.9 Å². The van der Waals surface area contributed by atoms with Crippen LogP contribution in [0.15, 0.2) is 27.5 Å². The first-order valence-corrected chi connectivity index (χ1v) is 7.09. The van der Waals surface area contributed by atoms with Gasteiger partial charge in [-0.3, -0.25) is 4.40 Å². The van der Waals surface area contributed by atoms with Crippen molar-refractivity contribution in [2.24, 2.45) is 0 Å². The first-order valence-electron chi connectivity index (χ1n) is 4.61. The Morgan fingerprint density at radius 2 is 2.29 bits per heavy atom. The van der Waals surface area contributed by atoms with E-state index in [0.717, 1.165) is 14.4 Å². The minimum atomic E-state index is -1.00. The van der Waals surface area contributed by atoms with Crippen LogP contribution in [0.5, 0.6) is 0 Å². The van der Waals surface area contributed by atoms with Gasteiger partial charge in [-0.05, 0) is 28.1 Å². The number of carboxylic acids is 1. The quantitative estimate of drug-likeness (QED) is 0.782. The summed E-state index contributed by atoms with van der Waals surface area (Å²) in [6, 6.07) is 3.97. The molecule has 17 heavy (non-hydrogen) atoms. The summed E-state index contributed by atoms with van der Waals surface area (Å²) in [4.78, 5) is 16.7. The Kier molecular flexibility index (Phi) is 2.53. The Hall–Kier alpha value is -1.18. The van der Waals surface area contributed by atoms with E-state index < -0.39 is 5.97 Å². The molecule has 3 aromatic heterocycles. The highest BCUT2D eigenvalue weighted by Crippen LogP contribution is 2.33. The monoisotopic (exact) mass is 328 g/mol. The third-order valence-electron chi connectivity index (χ3n) is 2.25. The van der Waals surface area contributed by atoms with E-state index in [1.807, 2.05) is 21.9 Å². The van der Waals surface area contributed by atoms with Crippen molar-refractivity contribution >= 4 is 49.5 Å². The fraction of sp³-hybridized carbons (Fsp3) is 0. The SMILES string of the molecule is O=C(O)c1cn2c(-c3ccc(Br)s3)csc2n1. The molecule has 3 rings (SSSR count). The second-order valence-corrected chi connectivity index (χ2v) is 6.61. The lowest BCUT2D eigenvalue weighted by atomic mass is 10.4. The van der Waals surface area contributed by atoms with Crippen LogP contribution in [0.3, 0.4) is 0 Å². The van der Waals surface area contributed by atoms with Gasteiger partial charge < -0.3 is 5.11 Å². The van der Waals surface area contributed by atoms with Gasteiger partial charge in [0.1, 0.15) is 0 Å². The maximum Gasteiger partial charge on any atom is 0.356 e. The van der Waals surface area contributed by atoms with Gasteiger partial charge in [0.25, 0.3) is 0 Å². The summed E-state index contributed by atoms with van der Waals surface area (Å²) >= 11 is 6.45. The van der Waals surface area contributed by atoms with E-state index in [1.54, 1.807) is 17.5 Å². The number of aromatic nitrogens is 2. The van der Waals surface area contributed by atoms with Gasteiger partial charge in [0, 0.05) is 11.6 Å². The standard InChI is InChI=1S/C10H5BrN2O2S2/c11-8-2-1-7(17-8)6-4-16-10-12-5(9(14)15)3-13(6)10/h1-4H,(H,14,15). The van der Waals surface area contributed by atoms with Crippen LogP contribution in [0.4, 0.5) is 0 Å².